The lowest BCUT2D eigenvalue weighted by molar-refractivity contribution is -0.140. The number of hydrogen-bond donors (Lipinski definition) is 4. The van der Waals surface area contributed by atoms with Crippen molar-refractivity contribution >= 4 is 29.5 Å². The van der Waals surface area contributed by atoms with Crippen molar-refractivity contribution in [2.75, 3.05) is 13.1 Å². The lowest BCUT2D eigenvalue weighted by Crippen LogP contribution is -2.59. The Labute approximate surface area is 205 Å². The third-order valence-electron chi connectivity index (χ3n) is 6.75. The van der Waals surface area contributed by atoms with Crippen LogP contribution in [0.25, 0.3) is 0 Å². The molecule has 3 rings (SSSR count). The van der Waals surface area contributed by atoms with Crippen LogP contribution in [0.4, 0.5) is 0 Å². The van der Waals surface area contributed by atoms with Crippen LogP contribution in [0.5, 0.6) is 0 Å². The fraction of sp³-hybridized carbons (Fsp3) is 0.560. The number of amides is 5. The quantitative estimate of drug-likeness (QED) is 0.471. The van der Waals surface area contributed by atoms with Gasteiger partial charge in [-0.15, -0.1) is 0 Å². The lowest BCUT2D eigenvalue weighted by atomic mass is 9.96. The van der Waals surface area contributed by atoms with Gasteiger partial charge in [-0.2, -0.15) is 0 Å². The normalized spacial score (nSPS) is 27.5. The van der Waals surface area contributed by atoms with E-state index in [1.807, 2.05) is 44.2 Å². The Kier molecular flexibility index (Phi) is 8.84. The van der Waals surface area contributed by atoms with Crippen LogP contribution in [0, 0.1) is 5.92 Å². The second-order valence-corrected chi connectivity index (χ2v) is 9.32. The fourth-order valence-electron chi connectivity index (χ4n) is 4.41. The lowest BCUT2D eigenvalue weighted by Gasteiger charge is -2.29. The molecule has 2 fully saturated rings. The first-order valence-electron chi connectivity index (χ1n) is 12.2. The summed E-state index contributed by atoms with van der Waals surface area (Å²) in [6.45, 7) is 5.41. The zero-order valence-corrected chi connectivity index (χ0v) is 20.5. The minimum absolute atomic E-state index is 0.206. The molecular weight excluding hydrogens is 450 g/mol. The molecule has 5 amide bonds. The molecular formula is C25H35N5O5. The van der Waals surface area contributed by atoms with Crippen molar-refractivity contribution in [3.63, 3.8) is 0 Å². The molecule has 5 atom stereocenters. The van der Waals surface area contributed by atoms with E-state index in [0.717, 1.165) is 5.56 Å². The molecule has 2 saturated heterocycles. The molecule has 0 radical (unpaired) electrons. The van der Waals surface area contributed by atoms with E-state index >= 15 is 0 Å². The summed E-state index contributed by atoms with van der Waals surface area (Å²) in [7, 11) is 0. The average Bonchev–Trinajstić information content (AvgIpc) is 3.34. The fourth-order valence-corrected chi connectivity index (χ4v) is 4.41. The molecule has 10 heteroatoms. The summed E-state index contributed by atoms with van der Waals surface area (Å²) in [5, 5.41) is 10.8. The summed E-state index contributed by atoms with van der Waals surface area (Å²) in [6, 6.07) is 5.76. The van der Waals surface area contributed by atoms with E-state index in [0.29, 0.717) is 25.8 Å². The second kappa shape index (κ2) is 11.8. The van der Waals surface area contributed by atoms with Gasteiger partial charge >= 0.3 is 0 Å². The summed E-state index contributed by atoms with van der Waals surface area (Å²) in [6.07, 6.45) is 1.97. The van der Waals surface area contributed by atoms with Crippen molar-refractivity contribution in [3.8, 4) is 0 Å². The smallest absolute Gasteiger partial charge is 0.243 e. The van der Waals surface area contributed by atoms with Gasteiger partial charge in [0, 0.05) is 13.0 Å². The molecule has 0 bridgehead atoms. The Morgan fingerprint density at radius 3 is 2.34 bits per heavy atom. The maximum Gasteiger partial charge on any atom is 0.243 e. The minimum Gasteiger partial charge on any atom is -0.345 e. The molecule has 10 nitrogen and oxygen atoms in total. The zero-order chi connectivity index (χ0) is 25.5. The van der Waals surface area contributed by atoms with Gasteiger partial charge in [0.15, 0.2) is 0 Å². The number of hydrogen-bond acceptors (Lipinski definition) is 5. The van der Waals surface area contributed by atoms with Gasteiger partial charge in [-0.1, -0.05) is 50.6 Å². The maximum atomic E-state index is 13.4. The van der Waals surface area contributed by atoms with Crippen LogP contribution in [0.3, 0.4) is 0 Å². The van der Waals surface area contributed by atoms with Crippen LogP contribution in [0.1, 0.15) is 45.6 Å². The number of carbonyl (C=O) groups excluding carboxylic acids is 5. The van der Waals surface area contributed by atoms with Gasteiger partial charge in [0.1, 0.15) is 24.2 Å². The molecule has 0 aromatic heterocycles. The first-order chi connectivity index (χ1) is 16.7. The Balaban J connectivity index is 1.92. The molecule has 0 unspecified atom stereocenters. The van der Waals surface area contributed by atoms with Crippen molar-refractivity contribution in [2.24, 2.45) is 5.92 Å². The predicted octanol–water partition coefficient (Wildman–Crippen LogP) is -0.130. The van der Waals surface area contributed by atoms with Crippen LogP contribution in [0.15, 0.2) is 30.3 Å². The number of carbonyl (C=O) groups is 5. The number of rotatable bonds is 4. The number of fused-ring (bicyclic) bond motifs is 1. The first-order valence-corrected chi connectivity index (χ1v) is 12.2. The molecule has 190 valence electrons. The SMILES string of the molecule is CC[C@H](C)[C@@H]1NC(=O)[C@@H]2CCCN2C(=O)CNC(=O)[C@H](C)NC(=O)[C@H](Cc2ccccc2)NC1=O. The zero-order valence-electron chi connectivity index (χ0n) is 20.5. The van der Waals surface area contributed by atoms with Gasteiger partial charge < -0.3 is 26.2 Å². The van der Waals surface area contributed by atoms with Crippen molar-refractivity contribution in [3.05, 3.63) is 35.9 Å². The number of nitrogens with zero attached hydrogens (tertiary/aromatic N) is 1. The van der Waals surface area contributed by atoms with Crippen LogP contribution >= 0.6 is 0 Å². The van der Waals surface area contributed by atoms with Gasteiger partial charge in [0.2, 0.25) is 29.5 Å². The highest BCUT2D eigenvalue weighted by Gasteiger charge is 2.38. The van der Waals surface area contributed by atoms with Crippen molar-refractivity contribution in [1.29, 1.82) is 0 Å². The Hall–Kier alpha value is -3.43. The van der Waals surface area contributed by atoms with E-state index in [1.54, 1.807) is 0 Å². The molecule has 0 aliphatic carbocycles. The standard InChI is InChI=1S/C25H35N5O5/c1-4-15(2)21-25(35)28-18(13-17-9-6-5-7-10-17)23(33)27-16(3)22(32)26-14-20(31)30-12-8-11-19(30)24(34)29-21/h5-7,9-10,15-16,18-19,21H,4,8,11-14H2,1-3H3,(H,26,32)(H,27,33)(H,28,35)(H,29,34)/t15-,16-,18-,19-,21-/m0/s1. The highest BCUT2D eigenvalue weighted by atomic mass is 16.2. The highest BCUT2D eigenvalue weighted by molar-refractivity contribution is 5.97. The minimum atomic E-state index is -0.960. The van der Waals surface area contributed by atoms with E-state index in [1.165, 1.54) is 11.8 Å². The molecule has 2 aliphatic rings. The number of benzene rings is 1. The van der Waals surface area contributed by atoms with Gasteiger partial charge in [0.25, 0.3) is 0 Å². The van der Waals surface area contributed by atoms with E-state index in [4.69, 9.17) is 0 Å². The Morgan fingerprint density at radius 2 is 1.66 bits per heavy atom. The maximum absolute atomic E-state index is 13.4. The van der Waals surface area contributed by atoms with Gasteiger partial charge in [0.05, 0.1) is 6.54 Å². The Bertz CT molecular complexity index is 953. The topological polar surface area (TPSA) is 137 Å². The number of nitrogens with one attached hydrogen (secondary N) is 4. The summed E-state index contributed by atoms with van der Waals surface area (Å²) in [5.74, 6) is -2.52. The average molecular weight is 486 g/mol. The van der Waals surface area contributed by atoms with E-state index in [9.17, 15) is 24.0 Å². The Morgan fingerprint density at radius 1 is 0.943 bits per heavy atom. The second-order valence-electron chi connectivity index (χ2n) is 9.32. The van der Waals surface area contributed by atoms with Crippen LogP contribution < -0.4 is 21.3 Å². The molecule has 0 saturated carbocycles. The van der Waals surface area contributed by atoms with Crippen LogP contribution in [0.2, 0.25) is 0 Å². The van der Waals surface area contributed by atoms with Gasteiger partial charge in [-0.3, -0.25) is 24.0 Å². The third-order valence-corrected chi connectivity index (χ3v) is 6.75. The molecule has 2 aliphatic heterocycles. The van der Waals surface area contributed by atoms with Crippen molar-refractivity contribution in [2.45, 2.75) is 70.6 Å². The monoisotopic (exact) mass is 485 g/mol. The highest BCUT2D eigenvalue weighted by Crippen LogP contribution is 2.19. The molecule has 35 heavy (non-hydrogen) atoms. The third kappa shape index (κ3) is 6.58. The molecule has 0 spiro atoms. The van der Waals surface area contributed by atoms with Gasteiger partial charge in [-0.25, -0.2) is 0 Å². The predicted molar refractivity (Wildman–Crippen MR) is 129 cm³/mol. The summed E-state index contributed by atoms with van der Waals surface area (Å²) in [4.78, 5) is 66.4. The van der Waals surface area contributed by atoms with Crippen molar-refractivity contribution < 1.29 is 24.0 Å². The summed E-state index contributed by atoms with van der Waals surface area (Å²) < 4.78 is 0. The van der Waals surface area contributed by atoms with Crippen LogP contribution in [-0.2, 0) is 30.4 Å². The first kappa shape index (κ1) is 26.2. The van der Waals surface area contributed by atoms with Crippen molar-refractivity contribution in [1.82, 2.24) is 26.2 Å². The van der Waals surface area contributed by atoms with E-state index in [2.05, 4.69) is 21.3 Å². The molecule has 4 N–H and O–H groups in total. The largest absolute Gasteiger partial charge is 0.345 e. The van der Waals surface area contributed by atoms with E-state index < -0.39 is 47.8 Å². The summed E-state index contributed by atoms with van der Waals surface area (Å²) in [5.41, 5.74) is 0.833. The summed E-state index contributed by atoms with van der Waals surface area (Å²) >= 11 is 0. The van der Waals surface area contributed by atoms with E-state index in [-0.39, 0.29) is 24.8 Å². The van der Waals surface area contributed by atoms with Crippen LogP contribution in [-0.4, -0.2) is 71.7 Å². The molecule has 1 aromatic rings. The molecule has 1 aromatic carbocycles. The van der Waals surface area contributed by atoms with Gasteiger partial charge in [-0.05, 0) is 31.2 Å². The molecule has 2 heterocycles.